The molecule has 1 heterocycles. The van der Waals surface area contributed by atoms with Crippen LogP contribution in [0, 0.1) is 0 Å². The van der Waals surface area contributed by atoms with Gasteiger partial charge in [0.25, 0.3) is 0 Å². The van der Waals surface area contributed by atoms with Crippen molar-refractivity contribution in [1.82, 2.24) is 10.6 Å². The SMILES string of the molecule is Nc1ccc(C2NC(=O)C(c3ccc(N)cc3)NC2=O)cc1. The van der Waals surface area contributed by atoms with E-state index in [2.05, 4.69) is 10.6 Å². The molecule has 2 amide bonds. The third kappa shape index (κ3) is 2.58. The fraction of sp³-hybridized carbons (Fsp3) is 0.125. The number of benzene rings is 2. The monoisotopic (exact) mass is 296 g/mol. The molecule has 112 valence electrons. The van der Waals surface area contributed by atoms with E-state index >= 15 is 0 Å². The van der Waals surface area contributed by atoms with Crippen LogP contribution in [0.4, 0.5) is 11.4 Å². The van der Waals surface area contributed by atoms with Crippen LogP contribution in [0.25, 0.3) is 0 Å². The summed E-state index contributed by atoms with van der Waals surface area (Å²) in [6.07, 6.45) is 0. The lowest BCUT2D eigenvalue weighted by Crippen LogP contribution is -2.52. The van der Waals surface area contributed by atoms with Gasteiger partial charge < -0.3 is 22.1 Å². The van der Waals surface area contributed by atoms with Crippen LogP contribution in [0.1, 0.15) is 23.2 Å². The Hall–Kier alpha value is -3.02. The Kier molecular flexibility index (Phi) is 3.42. The highest BCUT2D eigenvalue weighted by Gasteiger charge is 2.35. The van der Waals surface area contributed by atoms with Gasteiger partial charge in [-0.2, -0.15) is 0 Å². The first-order valence-corrected chi connectivity index (χ1v) is 6.86. The van der Waals surface area contributed by atoms with Gasteiger partial charge in [-0.25, -0.2) is 0 Å². The number of hydrogen-bond acceptors (Lipinski definition) is 4. The van der Waals surface area contributed by atoms with Crippen molar-refractivity contribution in [2.45, 2.75) is 12.1 Å². The maximum atomic E-state index is 12.3. The summed E-state index contributed by atoms with van der Waals surface area (Å²) in [5, 5.41) is 5.48. The van der Waals surface area contributed by atoms with Gasteiger partial charge in [0.05, 0.1) is 0 Å². The minimum absolute atomic E-state index is 0.258. The van der Waals surface area contributed by atoms with Gasteiger partial charge in [-0.15, -0.1) is 0 Å². The minimum atomic E-state index is -0.710. The Balaban J connectivity index is 1.82. The molecular formula is C16H16N4O2. The Morgan fingerprint density at radius 2 is 0.955 bits per heavy atom. The highest BCUT2D eigenvalue weighted by atomic mass is 16.2. The molecular weight excluding hydrogens is 280 g/mol. The summed E-state index contributed by atoms with van der Waals surface area (Å²) in [5.41, 5.74) is 13.8. The van der Waals surface area contributed by atoms with E-state index in [1.807, 2.05) is 0 Å². The lowest BCUT2D eigenvalue weighted by Gasteiger charge is -2.30. The average molecular weight is 296 g/mol. The fourth-order valence-corrected chi connectivity index (χ4v) is 2.43. The van der Waals surface area contributed by atoms with Crippen molar-refractivity contribution >= 4 is 23.2 Å². The van der Waals surface area contributed by atoms with Crippen LogP contribution in [0.5, 0.6) is 0 Å². The van der Waals surface area contributed by atoms with Gasteiger partial charge in [-0.1, -0.05) is 24.3 Å². The van der Waals surface area contributed by atoms with Crippen LogP contribution in [-0.2, 0) is 9.59 Å². The first-order chi connectivity index (χ1) is 10.5. The van der Waals surface area contributed by atoms with Crippen molar-refractivity contribution in [2.75, 3.05) is 11.5 Å². The molecule has 1 saturated heterocycles. The molecule has 3 rings (SSSR count). The summed E-state index contributed by atoms with van der Waals surface area (Å²) < 4.78 is 0. The molecule has 2 aromatic carbocycles. The molecule has 0 radical (unpaired) electrons. The summed E-state index contributed by atoms with van der Waals surface area (Å²) in [7, 11) is 0. The molecule has 2 unspecified atom stereocenters. The Morgan fingerprint density at radius 1 is 0.636 bits per heavy atom. The molecule has 0 aromatic heterocycles. The van der Waals surface area contributed by atoms with Gasteiger partial charge in [-0.05, 0) is 35.4 Å². The topological polar surface area (TPSA) is 110 Å². The first kappa shape index (κ1) is 13.9. The summed E-state index contributed by atoms with van der Waals surface area (Å²) >= 11 is 0. The maximum Gasteiger partial charge on any atom is 0.248 e. The van der Waals surface area contributed by atoms with Crippen LogP contribution in [0.15, 0.2) is 48.5 Å². The molecule has 0 aliphatic carbocycles. The van der Waals surface area contributed by atoms with Crippen LogP contribution < -0.4 is 22.1 Å². The standard InChI is InChI=1S/C16H16N4O2/c17-11-5-1-9(2-6-11)13-15(21)20-14(16(22)19-13)10-3-7-12(18)8-4-10/h1-8,13-14H,17-18H2,(H,19,22)(H,20,21). The van der Waals surface area contributed by atoms with E-state index in [4.69, 9.17) is 11.5 Å². The molecule has 1 aliphatic heterocycles. The van der Waals surface area contributed by atoms with Gasteiger partial charge in [0, 0.05) is 11.4 Å². The van der Waals surface area contributed by atoms with E-state index in [-0.39, 0.29) is 11.8 Å². The number of nitrogens with one attached hydrogen (secondary N) is 2. The highest BCUT2D eigenvalue weighted by Crippen LogP contribution is 2.24. The average Bonchev–Trinajstić information content (AvgIpc) is 2.51. The van der Waals surface area contributed by atoms with Gasteiger partial charge in [-0.3, -0.25) is 9.59 Å². The fourth-order valence-electron chi connectivity index (χ4n) is 2.43. The Bertz CT molecular complexity index is 646. The number of nitrogens with two attached hydrogens (primary N) is 2. The van der Waals surface area contributed by atoms with Crippen LogP contribution >= 0.6 is 0 Å². The highest BCUT2D eigenvalue weighted by molar-refractivity contribution is 5.98. The molecule has 0 saturated carbocycles. The Labute approximate surface area is 127 Å². The van der Waals surface area contributed by atoms with E-state index < -0.39 is 12.1 Å². The third-order valence-electron chi connectivity index (χ3n) is 3.64. The second kappa shape index (κ2) is 5.40. The van der Waals surface area contributed by atoms with Crippen LogP contribution in [0.2, 0.25) is 0 Å². The molecule has 6 N–H and O–H groups in total. The summed E-state index contributed by atoms with van der Waals surface area (Å²) in [6.45, 7) is 0. The molecule has 6 heteroatoms. The summed E-state index contributed by atoms with van der Waals surface area (Å²) in [6, 6.07) is 12.3. The molecule has 22 heavy (non-hydrogen) atoms. The van der Waals surface area contributed by atoms with Crippen LogP contribution in [0.3, 0.4) is 0 Å². The minimum Gasteiger partial charge on any atom is -0.399 e. The van der Waals surface area contributed by atoms with Crippen molar-refractivity contribution < 1.29 is 9.59 Å². The number of anilines is 2. The predicted octanol–water partition coefficient (Wildman–Crippen LogP) is 0.879. The van der Waals surface area contributed by atoms with E-state index in [1.54, 1.807) is 48.5 Å². The van der Waals surface area contributed by atoms with Gasteiger partial charge in [0.2, 0.25) is 11.8 Å². The second-order valence-corrected chi connectivity index (χ2v) is 5.22. The van der Waals surface area contributed by atoms with Crippen molar-refractivity contribution in [3.05, 3.63) is 59.7 Å². The number of carbonyl (C=O) groups is 2. The number of amides is 2. The lowest BCUT2D eigenvalue weighted by molar-refractivity contribution is -0.137. The van der Waals surface area contributed by atoms with E-state index in [9.17, 15) is 9.59 Å². The van der Waals surface area contributed by atoms with Crippen molar-refractivity contribution in [3.8, 4) is 0 Å². The molecule has 0 spiro atoms. The smallest absolute Gasteiger partial charge is 0.248 e. The first-order valence-electron chi connectivity index (χ1n) is 6.86. The van der Waals surface area contributed by atoms with Crippen molar-refractivity contribution in [1.29, 1.82) is 0 Å². The van der Waals surface area contributed by atoms with Gasteiger partial charge >= 0.3 is 0 Å². The van der Waals surface area contributed by atoms with Gasteiger partial charge in [0.1, 0.15) is 12.1 Å². The molecule has 2 aromatic rings. The molecule has 0 bridgehead atoms. The zero-order valence-electron chi connectivity index (χ0n) is 11.7. The van der Waals surface area contributed by atoms with Crippen molar-refractivity contribution in [2.24, 2.45) is 0 Å². The molecule has 1 aliphatic rings. The maximum absolute atomic E-state index is 12.3. The number of carbonyl (C=O) groups excluding carboxylic acids is 2. The van der Waals surface area contributed by atoms with E-state index in [0.29, 0.717) is 22.5 Å². The molecule has 6 nitrogen and oxygen atoms in total. The predicted molar refractivity (Wildman–Crippen MR) is 83.5 cm³/mol. The number of piperazine rings is 1. The van der Waals surface area contributed by atoms with Gasteiger partial charge in [0.15, 0.2) is 0 Å². The summed E-state index contributed by atoms with van der Waals surface area (Å²) in [5.74, 6) is -0.516. The van der Waals surface area contributed by atoms with E-state index in [1.165, 1.54) is 0 Å². The quantitative estimate of drug-likeness (QED) is 0.616. The van der Waals surface area contributed by atoms with E-state index in [0.717, 1.165) is 0 Å². The zero-order chi connectivity index (χ0) is 15.7. The molecule has 1 fully saturated rings. The molecule has 2 atom stereocenters. The second-order valence-electron chi connectivity index (χ2n) is 5.22. The Morgan fingerprint density at radius 3 is 1.27 bits per heavy atom. The van der Waals surface area contributed by atoms with Crippen LogP contribution in [-0.4, -0.2) is 11.8 Å². The third-order valence-corrected chi connectivity index (χ3v) is 3.64. The zero-order valence-corrected chi connectivity index (χ0v) is 11.7. The number of nitrogen functional groups attached to an aromatic ring is 2. The largest absolute Gasteiger partial charge is 0.399 e. The number of rotatable bonds is 2. The number of hydrogen-bond donors (Lipinski definition) is 4. The summed E-state index contributed by atoms with van der Waals surface area (Å²) in [4.78, 5) is 24.6. The lowest BCUT2D eigenvalue weighted by atomic mass is 9.98. The van der Waals surface area contributed by atoms with Crippen molar-refractivity contribution in [3.63, 3.8) is 0 Å². The normalized spacial score (nSPS) is 21.1.